The van der Waals surface area contributed by atoms with Crippen LogP contribution in [-0.4, -0.2) is 24.0 Å². The van der Waals surface area contributed by atoms with Gasteiger partial charge in [-0.15, -0.1) is 22.7 Å². The normalized spacial score (nSPS) is 14.7. The second kappa shape index (κ2) is 8.45. The molecular formula is C17H24N4S2. The van der Waals surface area contributed by atoms with E-state index in [0.717, 1.165) is 32.4 Å². The van der Waals surface area contributed by atoms with Crippen LogP contribution < -0.4 is 11.1 Å². The fourth-order valence-electron chi connectivity index (χ4n) is 2.77. The SMILES string of the molecule is NC(=NCCCc1nc2c(s1)CCCC2)NCCc1cccs1. The Morgan fingerprint density at radius 1 is 1.30 bits per heavy atom. The number of guanidine groups is 1. The molecule has 0 amide bonds. The van der Waals surface area contributed by atoms with Crippen LogP contribution in [0.4, 0.5) is 0 Å². The molecule has 0 unspecified atom stereocenters. The summed E-state index contributed by atoms with van der Waals surface area (Å²) >= 11 is 3.68. The number of nitrogens with zero attached hydrogens (tertiary/aromatic N) is 2. The monoisotopic (exact) mass is 348 g/mol. The molecule has 0 saturated carbocycles. The molecule has 2 aromatic rings. The van der Waals surface area contributed by atoms with Gasteiger partial charge in [-0.2, -0.15) is 0 Å². The lowest BCUT2D eigenvalue weighted by Gasteiger charge is -2.06. The number of aromatic nitrogens is 1. The van der Waals surface area contributed by atoms with Gasteiger partial charge in [0.1, 0.15) is 0 Å². The van der Waals surface area contributed by atoms with Crippen LogP contribution in [0.2, 0.25) is 0 Å². The molecule has 23 heavy (non-hydrogen) atoms. The molecule has 0 radical (unpaired) electrons. The number of rotatable bonds is 7. The maximum absolute atomic E-state index is 5.90. The third-order valence-corrected chi connectivity index (χ3v) is 6.13. The zero-order chi connectivity index (χ0) is 15.9. The van der Waals surface area contributed by atoms with Gasteiger partial charge < -0.3 is 11.1 Å². The molecule has 1 aliphatic carbocycles. The highest BCUT2D eigenvalue weighted by atomic mass is 32.1. The van der Waals surface area contributed by atoms with Crippen molar-refractivity contribution in [2.45, 2.75) is 44.9 Å². The number of nitrogens with two attached hydrogens (primary N) is 1. The number of hydrogen-bond donors (Lipinski definition) is 2. The van der Waals surface area contributed by atoms with Crippen LogP contribution in [0, 0.1) is 0 Å². The van der Waals surface area contributed by atoms with Crippen molar-refractivity contribution >= 4 is 28.6 Å². The van der Waals surface area contributed by atoms with E-state index >= 15 is 0 Å². The van der Waals surface area contributed by atoms with Gasteiger partial charge in [0.25, 0.3) is 0 Å². The maximum atomic E-state index is 5.90. The van der Waals surface area contributed by atoms with Gasteiger partial charge >= 0.3 is 0 Å². The van der Waals surface area contributed by atoms with E-state index < -0.39 is 0 Å². The van der Waals surface area contributed by atoms with Crippen molar-refractivity contribution in [1.82, 2.24) is 10.3 Å². The minimum Gasteiger partial charge on any atom is -0.370 e. The third kappa shape index (κ3) is 5.04. The fraction of sp³-hybridized carbons (Fsp3) is 0.529. The smallest absolute Gasteiger partial charge is 0.188 e. The number of aryl methyl sites for hydroxylation is 3. The molecule has 0 bridgehead atoms. The molecule has 0 saturated heterocycles. The topological polar surface area (TPSA) is 63.3 Å². The summed E-state index contributed by atoms with van der Waals surface area (Å²) in [5.41, 5.74) is 7.26. The first-order chi connectivity index (χ1) is 11.3. The Balaban J connectivity index is 1.34. The first kappa shape index (κ1) is 16.5. The van der Waals surface area contributed by atoms with Crippen molar-refractivity contribution in [1.29, 1.82) is 0 Å². The summed E-state index contributed by atoms with van der Waals surface area (Å²) < 4.78 is 0. The van der Waals surface area contributed by atoms with Gasteiger partial charge in [-0.3, -0.25) is 4.99 Å². The standard InChI is InChI=1S/C17H24N4S2/c18-17(20-11-9-13-5-4-12-22-13)19-10-3-8-16-21-14-6-1-2-7-15(14)23-16/h4-5,12H,1-3,6-11H2,(H3,18,19,20). The van der Waals surface area contributed by atoms with E-state index in [9.17, 15) is 0 Å². The lowest BCUT2D eigenvalue weighted by molar-refractivity contribution is 0.679. The quantitative estimate of drug-likeness (QED) is 0.459. The van der Waals surface area contributed by atoms with Crippen molar-refractivity contribution < 1.29 is 0 Å². The Kier molecular flexibility index (Phi) is 6.05. The minimum atomic E-state index is 0.556. The van der Waals surface area contributed by atoms with Gasteiger partial charge in [0.2, 0.25) is 0 Å². The molecule has 0 fully saturated rings. The van der Waals surface area contributed by atoms with Gasteiger partial charge in [-0.1, -0.05) is 6.07 Å². The van der Waals surface area contributed by atoms with Crippen LogP contribution >= 0.6 is 22.7 Å². The van der Waals surface area contributed by atoms with Gasteiger partial charge in [-0.25, -0.2) is 4.98 Å². The zero-order valence-electron chi connectivity index (χ0n) is 13.4. The van der Waals surface area contributed by atoms with Gasteiger partial charge in [0.05, 0.1) is 10.7 Å². The lowest BCUT2D eigenvalue weighted by Crippen LogP contribution is -2.33. The Morgan fingerprint density at radius 3 is 3.04 bits per heavy atom. The van der Waals surface area contributed by atoms with Crippen molar-refractivity contribution in [3.8, 4) is 0 Å². The molecule has 0 spiro atoms. The Morgan fingerprint density at radius 2 is 2.22 bits per heavy atom. The number of nitrogens with one attached hydrogen (secondary N) is 1. The molecule has 3 N–H and O–H groups in total. The maximum Gasteiger partial charge on any atom is 0.188 e. The number of hydrogen-bond acceptors (Lipinski definition) is 4. The Labute approximate surface area is 145 Å². The number of fused-ring (bicyclic) bond motifs is 1. The molecule has 124 valence electrons. The molecule has 2 aromatic heterocycles. The van der Waals surface area contributed by atoms with Crippen molar-refractivity contribution in [2.75, 3.05) is 13.1 Å². The number of thiophene rings is 1. The second-order valence-corrected chi connectivity index (χ2v) is 8.01. The average molecular weight is 349 g/mol. The van der Waals surface area contributed by atoms with Crippen LogP contribution in [0.1, 0.15) is 39.7 Å². The largest absolute Gasteiger partial charge is 0.370 e. The van der Waals surface area contributed by atoms with Gasteiger partial charge in [0.15, 0.2) is 5.96 Å². The second-order valence-electron chi connectivity index (χ2n) is 5.81. The van der Waals surface area contributed by atoms with Crippen LogP contribution in [0.15, 0.2) is 22.5 Å². The van der Waals surface area contributed by atoms with Crippen LogP contribution in [-0.2, 0) is 25.7 Å². The fourth-order valence-corrected chi connectivity index (χ4v) is 4.67. The van der Waals surface area contributed by atoms with Crippen LogP contribution in [0.5, 0.6) is 0 Å². The highest BCUT2D eigenvalue weighted by Gasteiger charge is 2.14. The molecule has 0 aliphatic heterocycles. The summed E-state index contributed by atoms with van der Waals surface area (Å²) in [5, 5.41) is 6.56. The number of aliphatic imine (C=N–C) groups is 1. The predicted octanol–water partition coefficient (Wildman–Crippen LogP) is 3.16. The molecular weight excluding hydrogens is 324 g/mol. The summed E-state index contributed by atoms with van der Waals surface area (Å²) in [6.45, 7) is 1.61. The molecule has 1 aliphatic rings. The highest BCUT2D eigenvalue weighted by Crippen LogP contribution is 2.27. The first-order valence-electron chi connectivity index (χ1n) is 8.35. The van der Waals surface area contributed by atoms with E-state index in [2.05, 4.69) is 27.8 Å². The molecule has 6 heteroatoms. The summed E-state index contributed by atoms with van der Waals surface area (Å²) in [4.78, 5) is 12.1. The van der Waals surface area contributed by atoms with E-state index in [0.29, 0.717) is 5.96 Å². The van der Waals surface area contributed by atoms with Gasteiger partial charge in [-0.05, 0) is 50.0 Å². The lowest BCUT2D eigenvalue weighted by atomic mass is 10.0. The van der Waals surface area contributed by atoms with Crippen molar-refractivity contribution in [2.24, 2.45) is 10.7 Å². The van der Waals surface area contributed by atoms with E-state index in [1.165, 1.54) is 46.1 Å². The molecule has 3 rings (SSSR count). The summed E-state index contributed by atoms with van der Waals surface area (Å²) in [6, 6.07) is 4.22. The highest BCUT2D eigenvalue weighted by molar-refractivity contribution is 7.11. The molecule has 0 aromatic carbocycles. The summed E-state index contributed by atoms with van der Waals surface area (Å²) in [6.07, 6.45) is 8.06. The summed E-state index contributed by atoms with van der Waals surface area (Å²) in [5.74, 6) is 0.556. The molecule has 0 atom stereocenters. The molecule has 4 nitrogen and oxygen atoms in total. The van der Waals surface area contributed by atoms with Crippen LogP contribution in [0.3, 0.4) is 0 Å². The van der Waals surface area contributed by atoms with Gasteiger partial charge in [0, 0.05) is 29.3 Å². The average Bonchev–Trinajstić information content (AvgIpc) is 3.20. The van der Waals surface area contributed by atoms with Crippen LogP contribution in [0.25, 0.3) is 0 Å². The number of thiazole rings is 1. The zero-order valence-corrected chi connectivity index (χ0v) is 15.0. The predicted molar refractivity (Wildman–Crippen MR) is 99.6 cm³/mol. The van der Waals surface area contributed by atoms with Crippen molar-refractivity contribution in [3.63, 3.8) is 0 Å². The summed E-state index contributed by atoms with van der Waals surface area (Å²) in [7, 11) is 0. The van der Waals surface area contributed by atoms with E-state index in [4.69, 9.17) is 10.7 Å². The van der Waals surface area contributed by atoms with Crippen molar-refractivity contribution in [3.05, 3.63) is 38.0 Å². The minimum absolute atomic E-state index is 0.556. The third-order valence-electron chi connectivity index (χ3n) is 3.98. The van der Waals surface area contributed by atoms with E-state index in [-0.39, 0.29) is 0 Å². The Bertz CT molecular complexity index is 608. The Hall–Kier alpha value is -1.40. The van der Waals surface area contributed by atoms with E-state index in [1.54, 1.807) is 11.3 Å². The van der Waals surface area contributed by atoms with E-state index in [1.807, 2.05) is 11.3 Å². The first-order valence-corrected chi connectivity index (χ1v) is 10.0. The molecule has 2 heterocycles.